The SMILES string of the molecule is O=c1c2sc(-c3ccccc3Cl)cc2n(CC2CCOCC2)c(=O)n1-c1cncc2ccccc12. The smallest absolute Gasteiger partial charge is 0.336 e. The van der Waals surface area contributed by atoms with E-state index in [-0.39, 0.29) is 11.2 Å². The Labute approximate surface area is 210 Å². The summed E-state index contributed by atoms with van der Waals surface area (Å²) in [6.45, 7) is 1.89. The molecule has 0 bridgehead atoms. The molecule has 0 spiro atoms. The second kappa shape index (κ2) is 9.07. The van der Waals surface area contributed by atoms with Crippen LogP contribution in [0.15, 0.2) is 76.6 Å². The van der Waals surface area contributed by atoms with Gasteiger partial charge < -0.3 is 4.74 Å². The quantitative estimate of drug-likeness (QED) is 0.324. The van der Waals surface area contributed by atoms with E-state index in [4.69, 9.17) is 16.3 Å². The maximum Gasteiger partial charge on any atom is 0.336 e. The van der Waals surface area contributed by atoms with Crippen LogP contribution < -0.4 is 11.2 Å². The molecule has 1 saturated heterocycles. The number of nitrogens with zero attached hydrogens (tertiary/aromatic N) is 3. The molecule has 5 aromatic rings. The molecule has 4 heterocycles. The van der Waals surface area contributed by atoms with Crippen molar-refractivity contribution < 1.29 is 4.74 Å². The minimum absolute atomic E-state index is 0.296. The molecule has 0 radical (unpaired) electrons. The Balaban J connectivity index is 1.64. The zero-order valence-corrected chi connectivity index (χ0v) is 20.4. The third kappa shape index (κ3) is 3.89. The Hall–Kier alpha value is -3.26. The summed E-state index contributed by atoms with van der Waals surface area (Å²) in [7, 11) is 0. The number of fused-ring (bicyclic) bond motifs is 2. The molecule has 0 N–H and O–H groups in total. The van der Waals surface area contributed by atoms with E-state index in [1.54, 1.807) is 17.0 Å². The zero-order chi connectivity index (χ0) is 23.9. The van der Waals surface area contributed by atoms with Gasteiger partial charge in [0.25, 0.3) is 5.56 Å². The van der Waals surface area contributed by atoms with Crippen molar-refractivity contribution in [3.05, 3.63) is 92.9 Å². The highest BCUT2D eigenvalue weighted by molar-refractivity contribution is 7.22. The van der Waals surface area contributed by atoms with Crippen LogP contribution in [-0.4, -0.2) is 27.3 Å². The highest BCUT2D eigenvalue weighted by Crippen LogP contribution is 2.36. The van der Waals surface area contributed by atoms with Crippen molar-refractivity contribution in [2.75, 3.05) is 13.2 Å². The van der Waals surface area contributed by atoms with E-state index in [1.807, 2.05) is 54.6 Å². The number of halogens is 1. The zero-order valence-electron chi connectivity index (χ0n) is 18.8. The number of rotatable bonds is 4. The van der Waals surface area contributed by atoms with Crippen molar-refractivity contribution in [3.8, 4) is 16.1 Å². The highest BCUT2D eigenvalue weighted by Gasteiger charge is 2.23. The standard InChI is InChI=1S/C27H22ClN3O3S/c28-21-8-4-3-7-20(21)24-13-22-25(35-24)26(32)31(23-15-29-14-18-5-1-2-6-19(18)23)27(33)30(22)16-17-9-11-34-12-10-17/h1-8,13-15,17H,9-12,16H2. The van der Waals surface area contributed by atoms with Crippen molar-refractivity contribution in [1.82, 2.24) is 14.1 Å². The van der Waals surface area contributed by atoms with E-state index in [1.165, 1.54) is 15.9 Å². The topological polar surface area (TPSA) is 66.1 Å². The van der Waals surface area contributed by atoms with Gasteiger partial charge in [0.05, 0.1) is 17.4 Å². The van der Waals surface area contributed by atoms with Crippen LogP contribution >= 0.6 is 22.9 Å². The summed E-state index contributed by atoms with van der Waals surface area (Å²) in [6, 6.07) is 17.1. The van der Waals surface area contributed by atoms with Gasteiger partial charge in [-0.1, -0.05) is 54.1 Å². The maximum atomic E-state index is 14.0. The molecular formula is C27H22ClN3O3S. The number of benzene rings is 2. The van der Waals surface area contributed by atoms with Crippen molar-refractivity contribution >= 4 is 43.9 Å². The number of hydrogen-bond acceptors (Lipinski definition) is 5. The molecule has 8 heteroatoms. The second-order valence-electron chi connectivity index (χ2n) is 8.77. The summed E-state index contributed by atoms with van der Waals surface area (Å²) >= 11 is 7.85. The molecule has 3 aromatic heterocycles. The number of ether oxygens (including phenoxy) is 1. The van der Waals surface area contributed by atoms with Crippen molar-refractivity contribution in [1.29, 1.82) is 0 Å². The Morgan fingerprint density at radius 2 is 1.80 bits per heavy atom. The molecular weight excluding hydrogens is 482 g/mol. The van der Waals surface area contributed by atoms with Gasteiger partial charge in [-0.3, -0.25) is 14.3 Å². The van der Waals surface area contributed by atoms with Gasteiger partial charge >= 0.3 is 5.69 Å². The largest absolute Gasteiger partial charge is 0.381 e. The average molecular weight is 504 g/mol. The van der Waals surface area contributed by atoms with Gasteiger partial charge in [-0.15, -0.1) is 11.3 Å². The Morgan fingerprint density at radius 3 is 2.63 bits per heavy atom. The van der Waals surface area contributed by atoms with Gasteiger partial charge in [0.15, 0.2) is 0 Å². The first-order valence-electron chi connectivity index (χ1n) is 11.6. The summed E-state index contributed by atoms with van der Waals surface area (Å²) in [5.41, 5.74) is 1.30. The van der Waals surface area contributed by atoms with Crippen LogP contribution in [0.25, 0.3) is 37.1 Å². The third-order valence-electron chi connectivity index (χ3n) is 6.63. The van der Waals surface area contributed by atoms with E-state index < -0.39 is 0 Å². The van der Waals surface area contributed by atoms with Gasteiger partial charge in [-0.25, -0.2) is 9.36 Å². The fourth-order valence-electron chi connectivity index (χ4n) is 4.80. The predicted octanol–water partition coefficient (Wildman–Crippen LogP) is 5.51. The van der Waals surface area contributed by atoms with Gasteiger partial charge in [-0.05, 0) is 30.9 Å². The first-order valence-corrected chi connectivity index (χ1v) is 12.8. The lowest BCUT2D eigenvalue weighted by Gasteiger charge is -2.23. The van der Waals surface area contributed by atoms with Gasteiger partial charge in [0.1, 0.15) is 4.70 Å². The van der Waals surface area contributed by atoms with Crippen LogP contribution in [0, 0.1) is 5.92 Å². The van der Waals surface area contributed by atoms with Crippen LogP contribution in [-0.2, 0) is 11.3 Å². The van der Waals surface area contributed by atoms with E-state index >= 15 is 0 Å². The fraction of sp³-hybridized carbons (Fsp3) is 0.222. The lowest BCUT2D eigenvalue weighted by molar-refractivity contribution is 0.0612. The van der Waals surface area contributed by atoms with E-state index in [0.29, 0.717) is 46.6 Å². The first kappa shape index (κ1) is 22.2. The molecule has 0 aliphatic carbocycles. The molecule has 1 aliphatic rings. The number of hydrogen-bond donors (Lipinski definition) is 0. The molecule has 0 unspecified atom stereocenters. The summed E-state index contributed by atoms with van der Waals surface area (Å²) in [6.07, 6.45) is 5.09. The maximum absolute atomic E-state index is 14.0. The molecule has 6 rings (SSSR count). The summed E-state index contributed by atoms with van der Waals surface area (Å²) < 4.78 is 9.09. The lowest BCUT2D eigenvalue weighted by atomic mass is 10.0. The number of aromatic nitrogens is 3. The predicted molar refractivity (Wildman–Crippen MR) is 141 cm³/mol. The Bertz CT molecular complexity index is 1680. The first-order chi connectivity index (χ1) is 17.1. The van der Waals surface area contributed by atoms with E-state index in [0.717, 1.165) is 34.1 Å². The molecule has 35 heavy (non-hydrogen) atoms. The fourth-order valence-corrected chi connectivity index (χ4v) is 6.22. The summed E-state index contributed by atoms with van der Waals surface area (Å²) in [5, 5.41) is 2.29. The molecule has 0 saturated carbocycles. The third-order valence-corrected chi connectivity index (χ3v) is 8.11. The molecule has 0 amide bonds. The molecule has 6 nitrogen and oxygen atoms in total. The van der Waals surface area contributed by atoms with Gasteiger partial charge in [-0.2, -0.15) is 0 Å². The molecule has 1 fully saturated rings. The van der Waals surface area contributed by atoms with Crippen molar-refractivity contribution in [2.45, 2.75) is 19.4 Å². The van der Waals surface area contributed by atoms with Gasteiger partial charge in [0, 0.05) is 52.2 Å². The number of pyridine rings is 1. The van der Waals surface area contributed by atoms with Crippen LogP contribution in [0.2, 0.25) is 5.02 Å². The minimum atomic E-state index is -0.351. The average Bonchev–Trinajstić information content (AvgIpc) is 3.33. The van der Waals surface area contributed by atoms with E-state index in [9.17, 15) is 9.59 Å². The van der Waals surface area contributed by atoms with Crippen LogP contribution in [0.5, 0.6) is 0 Å². The normalized spacial score (nSPS) is 14.7. The summed E-state index contributed by atoms with van der Waals surface area (Å²) in [4.78, 5) is 33.0. The second-order valence-corrected chi connectivity index (χ2v) is 10.2. The number of thiophene rings is 1. The van der Waals surface area contributed by atoms with E-state index in [2.05, 4.69) is 4.98 Å². The molecule has 1 aliphatic heterocycles. The van der Waals surface area contributed by atoms with Crippen LogP contribution in [0.4, 0.5) is 0 Å². The van der Waals surface area contributed by atoms with Crippen molar-refractivity contribution in [2.24, 2.45) is 5.92 Å². The molecule has 0 atom stereocenters. The highest BCUT2D eigenvalue weighted by atomic mass is 35.5. The van der Waals surface area contributed by atoms with Crippen molar-refractivity contribution in [3.63, 3.8) is 0 Å². The Morgan fingerprint density at radius 1 is 1.03 bits per heavy atom. The minimum Gasteiger partial charge on any atom is -0.381 e. The Kier molecular flexibility index (Phi) is 5.76. The monoisotopic (exact) mass is 503 g/mol. The van der Waals surface area contributed by atoms with Gasteiger partial charge in [0.2, 0.25) is 0 Å². The lowest BCUT2D eigenvalue weighted by Crippen LogP contribution is -2.40. The molecule has 2 aromatic carbocycles. The summed E-state index contributed by atoms with van der Waals surface area (Å²) in [5.74, 6) is 0.296. The molecule has 176 valence electrons. The van der Waals surface area contributed by atoms with Crippen LogP contribution in [0.1, 0.15) is 12.8 Å². The van der Waals surface area contributed by atoms with Crippen LogP contribution in [0.3, 0.4) is 0 Å².